The van der Waals surface area contributed by atoms with Crippen molar-refractivity contribution >= 4 is 22.5 Å². The summed E-state index contributed by atoms with van der Waals surface area (Å²) in [4.78, 5) is 20.6. The largest absolute Gasteiger partial charge is 0.346 e. The highest BCUT2D eigenvalue weighted by atomic mass is 16.2. The van der Waals surface area contributed by atoms with Gasteiger partial charge in [0.15, 0.2) is 0 Å². The number of nitrogens with two attached hydrogens (primary N) is 1. The smallest absolute Gasteiger partial charge is 0.252 e. The zero-order valence-corrected chi connectivity index (χ0v) is 18.6. The molecule has 4 N–H and O–H groups in total. The number of aromatic nitrogens is 2. The van der Waals surface area contributed by atoms with Gasteiger partial charge in [-0.05, 0) is 49.1 Å². The zero-order valence-electron chi connectivity index (χ0n) is 18.6. The van der Waals surface area contributed by atoms with E-state index < -0.39 is 0 Å². The molecule has 1 aliphatic heterocycles. The number of carbonyl (C=O) groups is 1. The van der Waals surface area contributed by atoms with Crippen molar-refractivity contribution in [2.24, 2.45) is 5.84 Å². The van der Waals surface area contributed by atoms with Crippen LogP contribution in [0.3, 0.4) is 0 Å². The second kappa shape index (κ2) is 7.95. The van der Waals surface area contributed by atoms with Gasteiger partial charge in [-0.3, -0.25) is 4.79 Å². The maximum atomic E-state index is 12.7. The van der Waals surface area contributed by atoms with Gasteiger partial charge in [0.1, 0.15) is 5.65 Å². The van der Waals surface area contributed by atoms with Crippen LogP contribution in [0.5, 0.6) is 0 Å². The number of amides is 1. The van der Waals surface area contributed by atoms with Crippen molar-refractivity contribution in [2.75, 3.05) is 7.05 Å². The van der Waals surface area contributed by atoms with Crippen molar-refractivity contribution < 1.29 is 4.79 Å². The summed E-state index contributed by atoms with van der Waals surface area (Å²) < 4.78 is 0. The van der Waals surface area contributed by atoms with E-state index >= 15 is 0 Å². The molecule has 6 nitrogen and oxygen atoms in total. The first-order chi connectivity index (χ1) is 15.5. The lowest BCUT2D eigenvalue weighted by Gasteiger charge is -2.34. The Morgan fingerprint density at radius 3 is 2.75 bits per heavy atom. The number of rotatable bonds is 4. The average molecular weight is 428 g/mol. The van der Waals surface area contributed by atoms with Gasteiger partial charge in [-0.15, -0.1) is 0 Å². The van der Waals surface area contributed by atoms with Crippen molar-refractivity contribution in [3.63, 3.8) is 0 Å². The van der Waals surface area contributed by atoms with Crippen LogP contribution in [0.2, 0.25) is 0 Å². The molecule has 3 heterocycles. The van der Waals surface area contributed by atoms with E-state index in [2.05, 4.69) is 27.4 Å². The molecule has 0 unspecified atom stereocenters. The SMILES string of the molecule is C/C=C/C(=C\N(C)N)c1cnc2[nH]cc(-c3ccc4c(c3)C3(CCCCC3)NC4=O)c2c1. The molecular weight excluding hydrogens is 398 g/mol. The van der Waals surface area contributed by atoms with Gasteiger partial charge in [-0.1, -0.05) is 37.5 Å². The Hall–Kier alpha value is -3.38. The first kappa shape index (κ1) is 20.5. The fourth-order valence-corrected chi connectivity index (χ4v) is 5.22. The van der Waals surface area contributed by atoms with Crippen LogP contribution in [-0.4, -0.2) is 27.9 Å². The van der Waals surface area contributed by atoms with Gasteiger partial charge < -0.3 is 15.3 Å². The van der Waals surface area contributed by atoms with E-state index in [1.165, 1.54) is 6.42 Å². The number of hydrogen-bond acceptors (Lipinski definition) is 4. The molecule has 2 aromatic heterocycles. The Morgan fingerprint density at radius 1 is 1.19 bits per heavy atom. The number of fused-ring (bicyclic) bond motifs is 3. The quantitative estimate of drug-likeness (QED) is 0.315. The van der Waals surface area contributed by atoms with Crippen LogP contribution in [0.15, 0.2) is 55.0 Å². The lowest BCUT2D eigenvalue weighted by Crippen LogP contribution is -2.40. The minimum Gasteiger partial charge on any atom is -0.346 e. The summed E-state index contributed by atoms with van der Waals surface area (Å²) in [6.07, 6.45) is 15.3. The van der Waals surface area contributed by atoms with Gasteiger partial charge >= 0.3 is 0 Å². The van der Waals surface area contributed by atoms with Gasteiger partial charge in [-0.25, -0.2) is 10.8 Å². The van der Waals surface area contributed by atoms with Crippen LogP contribution >= 0.6 is 0 Å². The molecule has 2 aliphatic rings. The predicted molar refractivity (Wildman–Crippen MR) is 129 cm³/mol. The minimum atomic E-state index is -0.205. The van der Waals surface area contributed by atoms with E-state index in [0.717, 1.165) is 70.1 Å². The van der Waals surface area contributed by atoms with Crippen molar-refractivity contribution in [1.82, 2.24) is 20.3 Å². The molecular formula is C26H29N5O. The highest BCUT2D eigenvalue weighted by Crippen LogP contribution is 2.44. The van der Waals surface area contributed by atoms with Crippen molar-refractivity contribution in [2.45, 2.75) is 44.6 Å². The molecule has 1 saturated carbocycles. The number of allylic oxidation sites excluding steroid dienone is 3. The number of carbonyl (C=O) groups excluding carboxylic acids is 1. The Labute approximate surface area is 188 Å². The highest BCUT2D eigenvalue weighted by molar-refractivity contribution is 6.02. The number of nitrogens with zero attached hydrogens (tertiary/aromatic N) is 2. The van der Waals surface area contributed by atoms with Gasteiger partial charge in [-0.2, -0.15) is 0 Å². The highest BCUT2D eigenvalue weighted by Gasteiger charge is 2.43. The van der Waals surface area contributed by atoms with Crippen molar-refractivity contribution in [3.05, 3.63) is 71.7 Å². The summed E-state index contributed by atoms with van der Waals surface area (Å²) in [5, 5.41) is 5.91. The van der Waals surface area contributed by atoms with E-state index in [1.807, 2.05) is 49.8 Å². The van der Waals surface area contributed by atoms with Crippen LogP contribution < -0.4 is 11.2 Å². The number of pyridine rings is 1. The first-order valence-electron chi connectivity index (χ1n) is 11.3. The maximum Gasteiger partial charge on any atom is 0.252 e. The number of benzene rings is 1. The van der Waals surface area contributed by atoms with E-state index in [-0.39, 0.29) is 11.4 Å². The lowest BCUT2D eigenvalue weighted by atomic mass is 9.77. The summed E-state index contributed by atoms with van der Waals surface area (Å²) in [5.74, 6) is 5.93. The maximum absolute atomic E-state index is 12.7. The van der Waals surface area contributed by atoms with E-state index in [1.54, 1.807) is 12.1 Å². The van der Waals surface area contributed by atoms with Crippen LogP contribution in [0.4, 0.5) is 0 Å². The van der Waals surface area contributed by atoms with Crippen molar-refractivity contribution in [3.8, 4) is 11.1 Å². The molecule has 1 aliphatic carbocycles. The third-order valence-electron chi connectivity index (χ3n) is 6.70. The predicted octanol–water partition coefficient (Wildman–Crippen LogP) is 4.86. The number of hydrogen-bond donors (Lipinski definition) is 3. The number of H-pyrrole nitrogens is 1. The molecule has 0 radical (unpaired) electrons. The van der Waals surface area contributed by atoms with Crippen molar-refractivity contribution in [1.29, 1.82) is 0 Å². The zero-order chi connectivity index (χ0) is 22.3. The van der Waals surface area contributed by atoms with Crippen LogP contribution in [0, 0.1) is 0 Å². The molecule has 0 saturated heterocycles. The third-order valence-corrected chi connectivity index (χ3v) is 6.70. The molecule has 6 heteroatoms. The normalized spacial score (nSPS) is 17.8. The summed E-state index contributed by atoms with van der Waals surface area (Å²) in [6.45, 7) is 1.99. The monoisotopic (exact) mass is 427 g/mol. The first-order valence-corrected chi connectivity index (χ1v) is 11.3. The standard InChI is InChI=1S/C26H29N5O/c1-3-7-18(16-31(2)27)19-12-21-22(15-29-24(21)28-14-19)17-8-9-20-23(13-17)26(30-25(20)32)10-5-4-6-11-26/h3,7-9,12-16H,4-6,10-11,27H2,1-2H3,(H,28,29)(H,30,32)/b7-3+,18-16+. The average Bonchev–Trinajstić information content (AvgIpc) is 3.32. The number of hydrazine groups is 1. The minimum absolute atomic E-state index is 0.0587. The second-order valence-corrected chi connectivity index (χ2v) is 8.93. The molecule has 1 amide bonds. The van der Waals surface area contributed by atoms with E-state index in [0.29, 0.717) is 0 Å². The molecule has 0 atom stereocenters. The fraction of sp³-hybridized carbons (Fsp3) is 0.308. The summed E-state index contributed by atoms with van der Waals surface area (Å²) in [7, 11) is 1.80. The molecule has 164 valence electrons. The topological polar surface area (TPSA) is 87.0 Å². The Balaban J connectivity index is 1.62. The molecule has 32 heavy (non-hydrogen) atoms. The Morgan fingerprint density at radius 2 is 2.00 bits per heavy atom. The van der Waals surface area contributed by atoms with Crippen LogP contribution in [0.1, 0.15) is 60.5 Å². The summed E-state index contributed by atoms with van der Waals surface area (Å²) in [5.41, 5.74) is 6.78. The Kier molecular flexibility index (Phi) is 5.10. The Bertz CT molecular complexity index is 1240. The number of nitrogens with one attached hydrogen (secondary N) is 2. The molecule has 1 spiro atoms. The van der Waals surface area contributed by atoms with Gasteiger partial charge in [0.2, 0.25) is 0 Å². The summed E-state index contributed by atoms with van der Waals surface area (Å²) in [6, 6.07) is 8.39. The lowest BCUT2D eigenvalue weighted by molar-refractivity contribution is 0.0909. The van der Waals surface area contributed by atoms with Crippen LogP contribution in [0.25, 0.3) is 27.7 Å². The molecule has 0 bridgehead atoms. The molecule has 5 rings (SSSR count). The van der Waals surface area contributed by atoms with Gasteiger partial charge in [0, 0.05) is 53.3 Å². The fourth-order valence-electron chi connectivity index (χ4n) is 5.22. The van der Waals surface area contributed by atoms with E-state index in [9.17, 15) is 4.79 Å². The number of aromatic amines is 1. The summed E-state index contributed by atoms with van der Waals surface area (Å²) >= 11 is 0. The molecule has 3 aromatic rings. The van der Waals surface area contributed by atoms with Crippen LogP contribution in [-0.2, 0) is 5.54 Å². The second-order valence-electron chi connectivity index (χ2n) is 8.93. The molecule has 1 fully saturated rings. The van der Waals surface area contributed by atoms with Gasteiger partial charge in [0.25, 0.3) is 5.91 Å². The van der Waals surface area contributed by atoms with E-state index in [4.69, 9.17) is 5.84 Å². The van der Waals surface area contributed by atoms with Gasteiger partial charge in [0.05, 0.1) is 5.54 Å². The molecule has 1 aromatic carbocycles. The third kappa shape index (κ3) is 3.41.